The van der Waals surface area contributed by atoms with Crippen molar-refractivity contribution < 1.29 is 22.4 Å². The van der Waals surface area contributed by atoms with Crippen molar-refractivity contribution >= 4 is 27.3 Å². The second-order valence-corrected chi connectivity index (χ2v) is 12.1. The normalized spacial score (nSPS) is 20.2. The molecule has 1 aliphatic carbocycles. The number of amides is 1. The summed E-state index contributed by atoms with van der Waals surface area (Å²) in [5, 5.41) is 4.41. The predicted molar refractivity (Wildman–Crippen MR) is 137 cm³/mol. The Hall–Kier alpha value is -2.94. The van der Waals surface area contributed by atoms with E-state index in [2.05, 4.69) is 34.1 Å². The molecule has 5 rings (SSSR count). The largest absolute Gasteiger partial charge is 0.388 e. The van der Waals surface area contributed by atoms with Crippen LogP contribution in [0.3, 0.4) is 0 Å². The molecule has 1 N–H and O–H groups in total. The van der Waals surface area contributed by atoms with Crippen molar-refractivity contribution in [2.75, 3.05) is 24.1 Å². The topological polar surface area (TPSA) is 88.1 Å². The van der Waals surface area contributed by atoms with Gasteiger partial charge in [0.2, 0.25) is 10.0 Å². The second kappa shape index (κ2) is 9.84. The van der Waals surface area contributed by atoms with Crippen LogP contribution in [-0.2, 0) is 14.9 Å². The van der Waals surface area contributed by atoms with Crippen molar-refractivity contribution in [1.29, 1.82) is 0 Å². The SMILES string of the molecule is CS(=O)(=O)Nc1ccc(C(=O)N2CCC3(CC2)CC(c2ccc(C4CCCCC4)cc2)=NO3)cc1F. The van der Waals surface area contributed by atoms with E-state index in [1.165, 1.54) is 49.8 Å². The molecule has 1 spiro atoms. The van der Waals surface area contributed by atoms with Gasteiger partial charge in [0.1, 0.15) is 11.4 Å². The molecule has 2 heterocycles. The van der Waals surface area contributed by atoms with Crippen molar-refractivity contribution in [3.8, 4) is 0 Å². The third kappa shape index (κ3) is 5.40. The number of carbonyl (C=O) groups is 1. The Bertz CT molecular complexity index is 1260. The van der Waals surface area contributed by atoms with E-state index in [9.17, 15) is 17.6 Å². The summed E-state index contributed by atoms with van der Waals surface area (Å²) in [6.07, 6.45) is 9.46. The molecule has 2 aromatic rings. The van der Waals surface area contributed by atoms with E-state index >= 15 is 0 Å². The lowest BCUT2D eigenvalue weighted by molar-refractivity contribution is -0.0568. The minimum atomic E-state index is -3.61. The summed E-state index contributed by atoms with van der Waals surface area (Å²) in [6.45, 7) is 0.959. The number of sulfonamides is 1. The summed E-state index contributed by atoms with van der Waals surface area (Å²) in [7, 11) is -3.61. The zero-order valence-corrected chi connectivity index (χ0v) is 21.3. The second-order valence-electron chi connectivity index (χ2n) is 10.3. The van der Waals surface area contributed by atoms with Gasteiger partial charge in [-0.25, -0.2) is 12.8 Å². The van der Waals surface area contributed by atoms with Crippen LogP contribution in [0.4, 0.5) is 10.1 Å². The average molecular weight is 514 g/mol. The van der Waals surface area contributed by atoms with Crippen LogP contribution in [0.1, 0.15) is 78.8 Å². The number of nitrogens with one attached hydrogen (secondary N) is 1. The van der Waals surface area contributed by atoms with Gasteiger partial charge >= 0.3 is 0 Å². The molecule has 1 saturated heterocycles. The monoisotopic (exact) mass is 513 g/mol. The Morgan fingerprint density at radius 3 is 2.42 bits per heavy atom. The first-order chi connectivity index (χ1) is 17.2. The number of nitrogens with zero attached hydrogens (tertiary/aromatic N) is 2. The van der Waals surface area contributed by atoms with Crippen molar-refractivity contribution in [3.05, 3.63) is 65.0 Å². The Balaban J connectivity index is 1.18. The molecule has 2 fully saturated rings. The van der Waals surface area contributed by atoms with Gasteiger partial charge in [0.25, 0.3) is 5.91 Å². The van der Waals surface area contributed by atoms with Gasteiger partial charge in [-0.05, 0) is 48.1 Å². The van der Waals surface area contributed by atoms with Gasteiger partial charge in [-0.3, -0.25) is 9.52 Å². The highest BCUT2D eigenvalue weighted by atomic mass is 32.2. The number of piperidine rings is 1. The lowest BCUT2D eigenvalue weighted by Gasteiger charge is -2.37. The van der Waals surface area contributed by atoms with Gasteiger partial charge in [-0.2, -0.15) is 0 Å². The first kappa shape index (κ1) is 24.7. The van der Waals surface area contributed by atoms with Crippen molar-refractivity contribution in [2.24, 2.45) is 5.16 Å². The lowest BCUT2D eigenvalue weighted by Crippen LogP contribution is -2.46. The highest BCUT2D eigenvalue weighted by Gasteiger charge is 2.43. The Labute approximate surface area is 211 Å². The van der Waals surface area contributed by atoms with E-state index in [4.69, 9.17) is 4.84 Å². The van der Waals surface area contributed by atoms with Crippen LogP contribution in [0, 0.1) is 5.82 Å². The molecule has 192 valence electrons. The molecule has 3 aliphatic rings. The number of benzene rings is 2. The van der Waals surface area contributed by atoms with Crippen LogP contribution >= 0.6 is 0 Å². The number of likely N-dealkylation sites (tertiary alicyclic amines) is 1. The molecule has 9 heteroatoms. The van der Waals surface area contributed by atoms with Gasteiger partial charge in [0.05, 0.1) is 17.7 Å². The molecule has 0 aromatic heterocycles. The van der Waals surface area contributed by atoms with E-state index in [0.717, 1.165) is 23.6 Å². The number of carbonyl (C=O) groups excluding carboxylic acids is 1. The molecule has 2 aromatic carbocycles. The zero-order valence-electron chi connectivity index (χ0n) is 20.5. The minimum Gasteiger partial charge on any atom is -0.388 e. The number of rotatable bonds is 5. The van der Waals surface area contributed by atoms with Gasteiger partial charge in [-0.15, -0.1) is 0 Å². The average Bonchev–Trinajstić information content (AvgIpc) is 3.28. The molecule has 1 saturated carbocycles. The van der Waals surface area contributed by atoms with Gasteiger partial charge < -0.3 is 9.74 Å². The maximum Gasteiger partial charge on any atom is 0.253 e. The maximum absolute atomic E-state index is 14.4. The standard InChI is InChI=1S/C27H32FN3O4S/c1-36(33,34)30-24-12-11-22(17-23(24)28)26(32)31-15-13-27(14-16-31)18-25(29-35-27)21-9-7-20(8-10-21)19-5-3-2-4-6-19/h7-12,17,19,30H,2-6,13-16,18H2,1H3. The highest BCUT2D eigenvalue weighted by molar-refractivity contribution is 7.92. The minimum absolute atomic E-state index is 0.178. The van der Waals surface area contributed by atoms with Crippen molar-refractivity contribution in [3.63, 3.8) is 0 Å². The van der Waals surface area contributed by atoms with Crippen molar-refractivity contribution in [1.82, 2.24) is 4.90 Å². The van der Waals surface area contributed by atoms with Gasteiger partial charge in [0.15, 0.2) is 0 Å². The van der Waals surface area contributed by atoms with E-state index in [0.29, 0.717) is 38.3 Å². The molecule has 36 heavy (non-hydrogen) atoms. The van der Waals surface area contributed by atoms with Crippen LogP contribution in [0.5, 0.6) is 0 Å². The lowest BCUT2D eigenvalue weighted by atomic mass is 9.83. The third-order valence-corrected chi connectivity index (χ3v) is 8.22. The van der Waals surface area contributed by atoms with Crippen molar-refractivity contribution in [2.45, 2.75) is 62.9 Å². The van der Waals surface area contributed by atoms with Crippen LogP contribution in [-0.4, -0.2) is 49.9 Å². The van der Waals surface area contributed by atoms with Crippen LogP contribution < -0.4 is 4.72 Å². The molecular formula is C27H32FN3O4S. The fourth-order valence-electron chi connectivity index (χ4n) is 5.56. The van der Waals surface area contributed by atoms with Crippen LogP contribution in [0.25, 0.3) is 0 Å². The molecule has 2 aliphatic heterocycles. The van der Waals surface area contributed by atoms with Crippen LogP contribution in [0.15, 0.2) is 47.6 Å². The summed E-state index contributed by atoms with van der Waals surface area (Å²) >= 11 is 0. The number of hydrogen-bond donors (Lipinski definition) is 1. The number of halogens is 1. The smallest absolute Gasteiger partial charge is 0.253 e. The molecule has 0 bridgehead atoms. The Kier molecular flexibility index (Phi) is 6.76. The number of oxime groups is 1. The third-order valence-electron chi connectivity index (χ3n) is 7.63. The Morgan fingerprint density at radius 2 is 1.78 bits per heavy atom. The summed E-state index contributed by atoms with van der Waals surface area (Å²) in [5.74, 6) is -0.401. The predicted octanol–water partition coefficient (Wildman–Crippen LogP) is 5.04. The molecule has 7 nitrogen and oxygen atoms in total. The quantitative estimate of drug-likeness (QED) is 0.607. The number of anilines is 1. The van der Waals surface area contributed by atoms with E-state index in [1.807, 2.05) is 0 Å². The molecule has 0 unspecified atom stereocenters. The molecule has 0 radical (unpaired) electrons. The van der Waals surface area contributed by atoms with Crippen LogP contribution in [0.2, 0.25) is 0 Å². The summed E-state index contributed by atoms with van der Waals surface area (Å²) < 4.78 is 39.2. The molecule has 1 amide bonds. The zero-order chi connectivity index (χ0) is 25.3. The summed E-state index contributed by atoms with van der Waals surface area (Å²) in [4.78, 5) is 20.6. The van der Waals surface area contributed by atoms with Gasteiger partial charge in [-0.1, -0.05) is 48.7 Å². The first-order valence-electron chi connectivity index (χ1n) is 12.6. The summed E-state index contributed by atoms with van der Waals surface area (Å²) in [5.41, 5.74) is 3.04. The molecule has 0 atom stereocenters. The first-order valence-corrected chi connectivity index (χ1v) is 14.5. The summed E-state index contributed by atoms with van der Waals surface area (Å²) in [6, 6.07) is 12.6. The van der Waals surface area contributed by atoms with E-state index in [1.54, 1.807) is 4.90 Å². The van der Waals surface area contributed by atoms with Gasteiger partial charge in [0, 0.05) is 37.9 Å². The molecular weight excluding hydrogens is 481 g/mol. The Morgan fingerprint density at radius 1 is 1.08 bits per heavy atom. The van der Waals surface area contributed by atoms with E-state index in [-0.39, 0.29) is 17.2 Å². The number of hydrogen-bond acceptors (Lipinski definition) is 5. The maximum atomic E-state index is 14.4. The van der Waals surface area contributed by atoms with E-state index < -0.39 is 21.4 Å². The fraction of sp³-hybridized carbons (Fsp3) is 0.481. The highest BCUT2D eigenvalue weighted by Crippen LogP contribution is 2.37. The fourth-order valence-corrected chi connectivity index (χ4v) is 6.12.